The fourth-order valence-corrected chi connectivity index (χ4v) is 5.94. The van der Waals surface area contributed by atoms with Crippen molar-refractivity contribution in [2.24, 2.45) is 0 Å². The van der Waals surface area contributed by atoms with E-state index in [0.717, 1.165) is 46.8 Å². The van der Waals surface area contributed by atoms with Gasteiger partial charge in [-0.3, -0.25) is 14.6 Å². The number of carbonyl (C=O) groups excluding carboxylic acids is 1. The zero-order valence-electron chi connectivity index (χ0n) is 31.4. The summed E-state index contributed by atoms with van der Waals surface area (Å²) in [5, 5.41) is 25.7. The van der Waals surface area contributed by atoms with Gasteiger partial charge in [-0.15, -0.1) is 0 Å². The lowest BCUT2D eigenvalue weighted by molar-refractivity contribution is -0.140. The summed E-state index contributed by atoms with van der Waals surface area (Å²) in [6.07, 6.45) is 5.17. The molecule has 2 aromatic carbocycles. The minimum atomic E-state index is -1.30. The average molecular weight is 774 g/mol. The minimum absolute atomic E-state index is 0.0138. The SMILES string of the molecule is CCN(CC)CCCC(C)Nc1ccnc2cc(Cl)ccc12.CN(Cc1cnc2nc(N)nc(N)c2n1)c1ccc(C(=O)N[C@@H](CCC(=O)O)C(=O)O)cc1. The second-order valence-corrected chi connectivity index (χ2v) is 13.4. The number of nitrogen functional groups attached to an aromatic ring is 2. The summed E-state index contributed by atoms with van der Waals surface area (Å²) in [4.78, 5) is 59.5. The summed E-state index contributed by atoms with van der Waals surface area (Å²) < 4.78 is 0. The molecule has 8 N–H and O–H groups in total. The average Bonchev–Trinajstić information content (AvgIpc) is 3.15. The molecule has 1 amide bonds. The summed E-state index contributed by atoms with van der Waals surface area (Å²) in [5.74, 6) is -2.91. The van der Waals surface area contributed by atoms with Gasteiger partial charge in [-0.25, -0.2) is 14.8 Å². The van der Waals surface area contributed by atoms with Crippen LogP contribution in [0.5, 0.6) is 0 Å². The number of anilines is 4. The van der Waals surface area contributed by atoms with Gasteiger partial charge in [0.15, 0.2) is 17.0 Å². The minimum Gasteiger partial charge on any atom is -0.481 e. The number of amides is 1. The molecule has 5 rings (SSSR count). The van der Waals surface area contributed by atoms with Crippen molar-refractivity contribution in [2.45, 2.75) is 65.1 Å². The predicted octanol–water partition coefficient (Wildman–Crippen LogP) is 5.08. The Kier molecular flexibility index (Phi) is 15.2. The van der Waals surface area contributed by atoms with Gasteiger partial charge in [-0.05, 0) is 94.4 Å². The van der Waals surface area contributed by atoms with Gasteiger partial charge in [0.05, 0.1) is 24.0 Å². The van der Waals surface area contributed by atoms with Crippen molar-refractivity contribution in [1.82, 2.24) is 35.1 Å². The fourth-order valence-electron chi connectivity index (χ4n) is 5.77. The Morgan fingerprint density at radius 2 is 1.67 bits per heavy atom. The number of hydrogen-bond acceptors (Lipinski definition) is 13. The molecule has 0 radical (unpaired) electrons. The summed E-state index contributed by atoms with van der Waals surface area (Å²) >= 11 is 6.04. The molecule has 292 valence electrons. The van der Waals surface area contributed by atoms with Crippen LogP contribution in [0.15, 0.2) is 60.9 Å². The van der Waals surface area contributed by atoms with E-state index in [0.29, 0.717) is 29.4 Å². The van der Waals surface area contributed by atoms with Gasteiger partial charge < -0.3 is 42.1 Å². The van der Waals surface area contributed by atoms with Crippen molar-refractivity contribution in [3.8, 4) is 0 Å². The number of fused-ring (bicyclic) bond motifs is 2. The van der Waals surface area contributed by atoms with Crippen LogP contribution in [-0.4, -0.2) is 96.6 Å². The van der Waals surface area contributed by atoms with E-state index in [4.69, 9.17) is 28.2 Å². The molecule has 1 unspecified atom stereocenters. The molecule has 16 nitrogen and oxygen atoms in total. The highest BCUT2D eigenvalue weighted by molar-refractivity contribution is 6.31. The Bertz CT molecular complexity index is 2080. The number of rotatable bonds is 17. The number of carboxylic acid groups (broad SMARTS) is 2. The van der Waals surface area contributed by atoms with E-state index in [1.165, 1.54) is 25.1 Å². The number of nitrogens with one attached hydrogen (secondary N) is 2. The molecule has 3 heterocycles. The molecule has 0 saturated carbocycles. The highest BCUT2D eigenvalue weighted by Gasteiger charge is 2.22. The van der Waals surface area contributed by atoms with E-state index < -0.39 is 23.9 Å². The number of aliphatic carboxylic acids is 2. The zero-order valence-corrected chi connectivity index (χ0v) is 32.1. The number of benzene rings is 2. The van der Waals surface area contributed by atoms with Crippen molar-refractivity contribution >= 4 is 74.7 Å². The van der Waals surface area contributed by atoms with Crippen LogP contribution in [0.2, 0.25) is 5.02 Å². The van der Waals surface area contributed by atoms with Gasteiger partial charge in [-0.1, -0.05) is 25.4 Å². The van der Waals surface area contributed by atoms with Crippen molar-refractivity contribution < 1.29 is 24.6 Å². The molecule has 0 aliphatic heterocycles. The molecular formula is C38H48ClN11O5. The van der Waals surface area contributed by atoms with Crippen LogP contribution >= 0.6 is 11.6 Å². The maximum Gasteiger partial charge on any atom is 0.326 e. The topological polar surface area (TPSA) is 239 Å². The van der Waals surface area contributed by atoms with E-state index in [-0.39, 0.29) is 30.2 Å². The first-order valence-electron chi connectivity index (χ1n) is 17.9. The number of pyridine rings is 1. The Hall–Kier alpha value is -5.87. The van der Waals surface area contributed by atoms with Gasteiger partial charge >= 0.3 is 11.9 Å². The van der Waals surface area contributed by atoms with Crippen molar-refractivity contribution in [2.75, 3.05) is 48.4 Å². The molecule has 5 aromatic rings. The van der Waals surface area contributed by atoms with E-state index in [9.17, 15) is 19.5 Å². The Morgan fingerprint density at radius 1 is 0.945 bits per heavy atom. The maximum absolute atomic E-state index is 12.4. The lowest BCUT2D eigenvalue weighted by atomic mass is 10.1. The highest BCUT2D eigenvalue weighted by Crippen LogP contribution is 2.25. The van der Waals surface area contributed by atoms with E-state index in [2.05, 4.69) is 61.2 Å². The van der Waals surface area contributed by atoms with Gasteiger partial charge in [0.1, 0.15) is 6.04 Å². The number of hydrogen-bond donors (Lipinski definition) is 6. The van der Waals surface area contributed by atoms with Crippen LogP contribution in [0, 0.1) is 0 Å². The predicted molar refractivity (Wildman–Crippen MR) is 215 cm³/mol. The summed E-state index contributed by atoms with van der Waals surface area (Å²) in [6.45, 7) is 10.5. The first-order valence-corrected chi connectivity index (χ1v) is 18.3. The summed E-state index contributed by atoms with van der Waals surface area (Å²) in [7, 11) is 1.82. The van der Waals surface area contributed by atoms with Gasteiger partial charge in [-0.2, -0.15) is 9.97 Å². The Labute approximate surface area is 324 Å². The van der Waals surface area contributed by atoms with Gasteiger partial charge in [0.2, 0.25) is 5.95 Å². The van der Waals surface area contributed by atoms with Gasteiger partial charge in [0, 0.05) is 53.1 Å². The number of aromatic nitrogens is 5. The van der Waals surface area contributed by atoms with Crippen LogP contribution in [0.1, 0.15) is 62.5 Å². The first-order chi connectivity index (χ1) is 26.3. The number of nitrogens with two attached hydrogens (primary N) is 2. The number of nitrogens with zero attached hydrogens (tertiary/aromatic N) is 7. The second kappa shape index (κ2) is 20.0. The van der Waals surface area contributed by atoms with Crippen LogP contribution in [0.25, 0.3) is 22.1 Å². The quantitative estimate of drug-likeness (QED) is 0.0722. The Morgan fingerprint density at radius 3 is 2.35 bits per heavy atom. The molecule has 0 saturated heterocycles. The third-order valence-electron chi connectivity index (χ3n) is 8.83. The first kappa shape index (κ1) is 41.9. The van der Waals surface area contributed by atoms with Crippen molar-refractivity contribution in [3.05, 3.63) is 77.2 Å². The van der Waals surface area contributed by atoms with Crippen molar-refractivity contribution in [1.29, 1.82) is 0 Å². The third kappa shape index (κ3) is 12.3. The number of carbonyl (C=O) groups is 3. The van der Waals surface area contributed by atoms with E-state index >= 15 is 0 Å². The number of carboxylic acids is 2. The van der Waals surface area contributed by atoms with Crippen LogP contribution in [0.4, 0.5) is 23.1 Å². The molecule has 2 atom stereocenters. The van der Waals surface area contributed by atoms with Crippen LogP contribution < -0.4 is 27.0 Å². The van der Waals surface area contributed by atoms with Crippen molar-refractivity contribution in [3.63, 3.8) is 0 Å². The molecule has 0 bridgehead atoms. The fraction of sp³-hybridized carbons (Fsp3) is 0.368. The number of halogens is 1. The summed E-state index contributed by atoms with van der Waals surface area (Å²) in [6, 6.07) is 13.5. The monoisotopic (exact) mass is 773 g/mol. The largest absolute Gasteiger partial charge is 0.481 e. The molecule has 3 aromatic heterocycles. The standard InChI is InChI=1S/C20H22N8O5.C18H26ClN3/c1-28(9-11-8-23-17-15(24-11)16(21)26-20(22)27-17)12-4-2-10(3-5-12)18(31)25-13(19(32)33)6-7-14(29)30;1-4-22(5-2)12-6-7-14(3)21-17-10-11-20-18-13-15(19)8-9-16(17)18/h2-5,8,13H,6-7,9H2,1H3,(H,25,31)(H,29,30)(H,32,33)(H4,21,22,23,26,27);8-11,13-14H,4-7,12H2,1-3H3,(H,20,21)/t13-;/m0./s1. The van der Waals surface area contributed by atoms with Crippen LogP contribution in [-0.2, 0) is 16.1 Å². The second-order valence-electron chi connectivity index (χ2n) is 12.9. The Balaban J connectivity index is 0.000000265. The summed E-state index contributed by atoms with van der Waals surface area (Å²) in [5.41, 5.74) is 15.7. The lowest BCUT2D eigenvalue weighted by Crippen LogP contribution is -2.41. The molecular weight excluding hydrogens is 726 g/mol. The smallest absolute Gasteiger partial charge is 0.326 e. The molecule has 0 aliphatic rings. The van der Waals surface area contributed by atoms with Crippen LogP contribution in [0.3, 0.4) is 0 Å². The third-order valence-corrected chi connectivity index (χ3v) is 9.07. The molecule has 0 spiro atoms. The van der Waals surface area contributed by atoms with Gasteiger partial charge in [0.25, 0.3) is 5.91 Å². The maximum atomic E-state index is 12.4. The normalized spacial score (nSPS) is 12.1. The van der Waals surface area contributed by atoms with E-state index in [1.54, 1.807) is 18.3 Å². The molecule has 17 heteroatoms. The molecule has 55 heavy (non-hydrogen) atoms. The lowest BCUT2D eigenvalue weighted by Gasteiger charge is -2.20. The highest BCUT2D eigenvalue weighted by atomic mass is 35.5. The molecule has 0 fully saturated rings. The van der Waals surface area contributed by atoms with E-state index in [1.807, 2.05) is 42.4 Å². The molecule has 0 aliphatic carbocycles. The zero-order chi connectivity index (χ0) is 40.1.